The number of hydrogen-bond donors (Lipinski definition) is 0. The fourth-order valence-corrected chi connectivity index (χ4v) is 1.00. The van der Waals surface area contributed by atoms with Crippen molar-refractivity contribution in [2.24, 2.45) is 0 Å². The molecule has 0 spiro atoms. The summed E-state index contributed by atoms with van der Waals surface area (Å²) < 4.78 is 20.2. The van der Waals surface area contributed by atoms with Crippen LogP contribution in [0.5, 0.6) is 0 Å². The number of hydrogen-bond acceptors (Lipinski definition) is 5. The third kappa shape index (κ3) is 16.9. The van der Waals surface area contributed by atoms with Crippen LogP contribution in [0.3, 0.4) is 0 Å². The number of ether oxygens (including phenoxy) is 4. The second-order valence-corrected chi connectivity index (χ2v) is 3.14. The second kappa shape index (κ2) is 17.9. The van der Waals surface area contributed by atoms with Crippen molar-refractivity contribution in [1.82, 2.24) is 0 Å². The quantitative estimate of drug-likeness (QED) is 0.237. The van der Waals surface area contributed by atoms with E-state index >= 15 is 0 Å². The molecular formula is C11H22KNO5. The number of rotatable bonds is 12. The minimum Gasteiger partial charge on any atom is -0.676 e. The minimum atomic E-state index is -0.239. The normalized spacial score (nSPS) is 9.89. The molecule has 0 fully saturated rings. The molecule has 0 aliphatic heterocycles. The summed E-state index contributed by atoms with van der Waals surface area (Å²) in [4.78, 5) is 10.9. The zero-order valence-corrected chi connectivity index (χ0v) is 14.5. The molecule has 1 N–H and O–H groups in total. The maximum absolute atomic E-state index is 10.9. The molecule has 0 amide bonds. The molecule has 0 saturated heterocycles. The molecule has 0 saturated carbocycles. The fourth-order valence-electron chi connectivity index (χ4n) is 1.00. The van der Waals surface area contributed by atoms with Crippen molar-refractivity contribution < 1.29 is 75.1 Å². The van der Waals surface area contributed by atoms with Gasteiger partial charge in [0.2, 0.25) is 0 Å². The first-order valence-electron chi connectivity index (χ1n) is 5.84. The Morgan fingerprint density at radius 3 is 1.94 bits per heavy atom. The molecule has 0 aromatic rings. The Labute approximate surface area is 151 Å². The van der Waals surface area contributed by atoms with Gasteiger partial charge in [0.15, 0.2) is 0 Å². The van der Waals surface area contributed by atoms with Crippen molar-refractivity contribution in [1.29, 1.82) is 0 Å². The topological polar surface area (TPSA) is 77.8 Å². The summed E-state index contributed by atoms with van der Waals surface area (Å²) in [6.07, 6.45) is 0.278. The van der Waals surface area contributed by atoms with Gasteiger partial charge in [0.05, 0.1) is 46.1 Å². The van der Waals surface area contributed by atoms with Gasteiger partial charge >= 0.3 is 57.4 Å². The molecule has 0 aromatic carbocycles. The summed E-state index contributed by atoms with van der Waals surface area (Å²) in [5.74, 6) is -0.239. The molecule has 6 nitrogen and oxygen atoms in total. The molecule has 0 rings (SSSR count). The predicted molar refractivity (Wildman–Crippen MR) is 62.9 cm³/mol. The molecule has 7 heteroatoms. The van der Waals surface area contributed by atoms with Crippen LogP contribution in [0.15, 0.2) is 0 Å². The molecule has 0 heterocycles. The first-order chi connectivity index (χ1) is 8.31. The van der Waals surface area contributed by atoms with E-state index in [-0.39, 0.29) is 70.3 Å². The van der Waals surface area contributed by atoms with Crippen molar-refractivity contribution >= 4 is 5.97 Å². The van der Waals surface area contributed by atoms with E-state index in [1.807, 2.05) is 0 Å². The molecular weight excluding hydrogens is 265 g/mol. The largest absolute Gasteiger partial charge is 1.00 e. The van der Waals surface area contributed by atoms with Gasteiger partial charge in [-0.05, 0) is 6.92 Å². The number of esters is 1. The van der Waals surface area contributed by atoms with Crippen LogP contribution in [0.2, 0.25) is 0 Å². The maximum Gasteiger partial charge on any atom is 1.00 e. The van der Waals surface area contributed by atoms with E-state index in [9.17, 15) is 4.79 Å². The number of carbonyl (C=O) groups excluding carboxylic acids is 1. The van der Waals surface area contributed by atoms with E-state index in [1.54, 1.807) is 6.92 Å². The van der Waals surface area contributed by atoms with Crippen LogP contribution < -0.4 is 51.4 Å². The van der Waals surface area contributed by atoms with Crippen molar-refractivity contribution in [2.75, 3.05) is 52.8 Å². The first-order valence-corrected chi connectivity index (χ1v) is 5.84. The van der Waals surface area contributed by atoms with Crippen LogP contribution >= 0.6 is 0 Å². The van der Waals surface area contributed by atoms with Crippen molar-refractivity contribution in [3.8, 4) is 0 Å². The molecule has 0 aromatic heterocycles. The SMILES string of the molecule is CCOC(=O)CCOCCOCCOCC[NH-].[K+]. The Morgan fingerprint density at radius 2 is 1.44 bits per heavy atom. The van der Waals surface area contributed by atoms with Gasteiger partial charge in [-0.1, -0.05) is 0 Å². The van der Waals surface area contributed by atoms with Crippen LogP contribution in [0.1, 0.15) is 13.3 Å². The van der Waals surface area contributed by atoms with Gasteiger partial charge in [-0.2, -0.15) is 0 Å². The van der Waals surface area contributed by atoms with Gasteiger partial charge < -0.3 is 24.7 Å². The minimum absolute atomic E-state index is 0. The molecule has 0 aliphatic rings. The van der Waals surface area contributed by atoms with Crippen LogP contribution in [-0.4, -0.2) is 58.8 Å². The standard InChI is InChI=1S/C11H22NO5.K/c1-2-17-11(13)3-5-14-7-9-16-10-8-15-6-4-12;/h12H,2-10H2,1H3;/q-1;+1. The summed E-state index contributed by atoms with van der Waals surface area (Å²) in [5, 5.41) is 0. The summed E-state index contributed by atoms with van der Waals surface area (Å²) in [6.45, 7) is 5.19. The molecule has 18 heavy (non-hydrogen) atoms. The van der Waals surface area contributed by atoms with Gasteiger partial charge in [0, 0.05) is 6.61 Å². The summed E-state index contributed by atoms with van der Waals surface area (Å²) in [5.41, 5.74) is 6.84. The smallest absolute Gasteiger partial charge is 0.676 e. The number of nitrogens with one attached hydrogen (secondary N) is 1. The molecule has 0 radical (unpaired) electrons. The van der Waals surface area contributed by atoms with E-state index in [0.717, 1.165) is 0 Å². The van der Waals surface area contributed by atoms with E-state index in [4.69, 9.17) is 24.7 Å². The molecule has 102 valence electrons. The van der Waals surface area contributed by atoms with Crippen LogP contribution in [0, 0.1) is 0 Å². The Hall–Kier alpha value is 0.946. The molecule has 0 atom stereocenters. The Kier molecular flexibility index (Phi) is 21.2. The van der Waals surface area contributed by atoms with Gasteiger partial charge in [0.1, 0.15) is 0 Å². The predicted octanol–water partition coefficient (Wildman–Crippen LogP) is -1.95. The van der Waals surface area contributed by atoms with E-state index in [2.05, 4.69) is 0 Å². The molecule has 0 bridgehead atoms. The van der Waals surface area contributed by atoms with Crippen molar-refractivity contribution in [2.45, 2.75) is 13.3 Å². The van der Waals surface area contributed by atoms with E-state index in [0.29, 0.717) is 46.2 Å². The summed E-state index contributed by atoms with van der Waals surface area (Å²) in [7, 11) is 0. The van der Waals surface area contributed by atoms with Crippen LogP contribution in [0.4, 0.5) is 0 Å². The van der Waals surface area contributed by atoms with Gasteiger partial charge in [-0.25, -0.2) is 0 Å². The first kappa shape index (κ1) is 21.2. The van der Waals surface area contributed by atoms with Crippen LogP contribution in [0.25, 0.3) is 5.73 Å². The number of carbonyl (C=O) groups is 1. The van der Waals surface area contributed by atoms with Gasteiger partial charge in [-0.15, -0.1) is 6.54 Å². The second-order valence-electron chi connectivity index (χ2n) is 3.14. The zero-order valence-electron chi connectivity index (χ0n) is 11.4. The van der Waals surface area contributed by atoms with Gasteiger partial charge in [-0.3, -0.25) is 4.79 Å². The molecule has 0 unspecified atom stereocenters. The average molecular weight is 287 g/mol. The Balaban J connectivity index is 0. The Bertz CT molecular complexity index is 183. The zero-order chi connectivity index (χ0) is 12.8. The van der Waals surface area contributed by atoms with Crippen molar-refractivity contribution in [3.63, 3.8) is 0 Å². The third-order valence-corrected chi connectivity index (χ3v) is 1.75. The average Bonchev–Trinajstić information content (AvgIpc) is 2.32. The van der Waals surface area contributed by atoms with E-state index in [1.165, 1.54) is 0 Å². The third-order valence-electron chi connectivity index (χ3n) is 1.75. The fraction of sp³-hybridized carbons (Fsp3) is 0.909. The summed E-state index contributed by atoms with van der Waals surface area (Å²) in [6, 6.07) is 0. The molecule has 0 aliphatic carbocycles. The maximum atomic E-state index is 10.9. The van der Waals surface area contributed by atoms with Gasteiger partial charge in [0.25, 0.3) is 0 Å². The van der Waals surface area contributed by atoms with E-state index < -0.39 is 0 Å². The monoisotopic (exact) mass is 287 g/mol. The summed E-state index contributed by atoms with van der Waals surface area (Å²) >= 11 is 0. The Morgan fingerprint density at radius 1 is 0.944 bits per heavy atom. The van der Waals surface area contributed by atoms with Crippen LogP contribution in [-0.2, 0) is 23.7 Å². The van der Waals surface area contributed by atoms with Crippen molar-refractivity contribution in [3.05, 3.63) is 5.73 Å².